The first-order valence-corrected chi connectivity index (χ1v) is 5.61. The Morgan fingerprint density at radius 1 is 1.27 bits per heavy atom. The van der Waals surface area contributed by atoms with Crippen molar-refractivity contribution in [1.29, 1.82) is 0 Å². The minimum atomic E-state index is 0.473. The van der Waals surface area contributed by atoms with Crippen molar-refractivity contribution in [3.63, 3.8) is 0 Å². The Bertz CT molecular complexity index is 454. The van der Waals surface area contributed by atoms with Crippen LogP contribution in [-0.2, 0) is 0 Å². The summed E-state index contributed by atoms with van der Waals surface area (Å²) >= 11 is 0. The van der Waals surface area contributed by atoms with Crippen LogP contribution in [0, 0.1) is 0 Å². The topological polar surface area (TPSA) is 26.0 Å². The van der Waals surface area contributed by atoms with E-state index in [0.717, 1.165) is 6.54 Å². The lowest BCUT2D eigenvalue weighted by atomic mass is 9.91. The molecule has 76 valence electrons. The summed E-state index contributed by atoms with van der Waals surface area (Å²) in [6, 6.07) is 8.67. The van der Waals surface area contributed by atoms with E-state index in [1.807, 2.05) is 0 Å². The van der Waals surface area contributed by atoms with E-state index in [-0.39, 0.29) is 0 Å². The minimum absolute atomic E-state index is 0.473. The Labute approximate surface area is 90.3 Å². The van der Waals surface area contributed by atoms with Gasteiger partial charge in [0, 0.05) is 12.5 Å². The Kier molecular flexibility index (Phi) is 2.00. The van der Waals surface area contributed by atoms with E-state index in [2.05, 4.69) is 36.4 Å². The van der Waals surface area contributed by atoms with Gasteiger partial charge in [-0.1, -0.05) is 42.0 Å². The number of hydrogen-bond acceptors (Lipinski definition) is 1. The molecule has 15 heavy (non-hydrogen) atoms. The molecule has 1 unspecified atom stereocenters. The van der Waals surface area contributed by atoms with Crippen molar-refractivity contribution in [2.75, 3.05) is 6.54 Å². The second-order valence-electron chi connectivity index (χ2n) is 4.26. The fourth-order valence-corrected chi connectivity index (χ4v) is 2.81. The summed E-state index contributed by atoms with van der Waals surface area (Å²) < 4.78 is 0. The van der Waals surface area contributed by atoms with E-state index in [1.165, 1.54) is 29.5 Å². The van der Waals surface area contributed by atoms with Gasteiger partial charge in [-0.25, -0.2) is 0 Å². The summed E-state index contributed by atoms with van der Waals surface area (Å²) in [5.41, 5.74) is 11.7. The SMILES string of the molecule is NCC1C2=C(C=CCC2)c2ccccc21. The average Bonchev–Trinajstić information content (AvgIpc) is 2.63. The largest absolute Gasteiger partial charge is 0.330 e. The first kappa shape index (κ1) is 8.93. The lowest BCUT2D eigenvalue weighted by Crippen LogP contribution is -2.12. The van der Waals surface area contributed by atoms with Crippen LogP contribution in [0.5, 0.6) is 0 Å². The van der Waals surface area contributed by atoms with Crippen LogP contribution in [0.3, 0.4) is 0 Å². The molecule has 0 spiro atoms. The molecule has 0 amide bonds. The average molecular weight is 197 g/mol. The maximum Gasteiger partial charge on any atom is 0.0186 e. The van der Waals surface area contributed by atoms with Crippen molar-refractivity contribution in [3.05, 3.63) is 53.1 Å². The van der Waals surface area contributed by atoms with Gasteiger partial charge < -0.3 is 5.73 Å². The molecular weight excluding hydrogens is 182 g/mol. The van der Waals surface area contributed by atoms with Crippen molar-refractivity contribution in [2.45, 2.75) is 18.8 Å². The molecule has 1 nitrogen and oxygen atoms in total. The highest BCUT2D eigenvalue weighted by molar-refractivity contribution is 5.85. The first-order chi connectivity index (χ1) is 7.42. The molecule has 0 fully saturated rings. The predicted molar refractivity (Wildman–Crippen MR) is 63.5 cm³/mol. The zero-order valence-electron chi connectivity index (χ0n) is 8.74. The van der Waals surface area contributed by atoms with E-state index >= 15 is 0 Å². The zero-order valence-corrected chi connectivity index (χ0v) is 8.74. The van der Waals surface area contributed by atoms with Gasteiger partial charge in [-0.05, 0) is 29.5 Å². The molecule has 0 radical (unpaired) electrons. The number of hydrogen-bond donors (Lipinski definition) is 1. The summed E-state index contributed by atoms with van der Waals surface area (Å²) in [6.07, 6.45) is 6.90. The zero-order chi connectivity index (χ0) is 10.3. The number of benzene rings is 1. The van der Waals surface area contributed by atoms with Crippen LogP contribution < -0.4 is 5.73 Å². The minimum Gasteiger partial charge on any atom is -0.330 e. The first-order valence-electron chi connectivity index (χ1n) is 5.61. The van der Waals surface area contributed by atoms with Gasteiger partial charge in [0.1, 0.15) is 0 Å². The van der Waals surface area contributed by atoms with Gasteiger partial charge in [-0.2, -0.15) is 0 Å². The van der Waals surface area contributed by atoms with Gasteiger partial charge in [0.25, 0.3) is 0 Å². The van der Waals surface area contributed by atoms with Crippen LogP contribution >= 0.6 is 0 Å². The summed E-state index contributed by atoms with van der Waals surface area (Å²) in [5.74, 6) is 0.473. The van der Waals surface area contributed by atoms with Crippen LogP contribution in [0.4, 0.5) is 0 Å². The van der Waals surface area contributed by atoms with E-state index < -0.39 is 0 Å². The number of rotatable bonds is 1. The Morgan fingerprint density at radius 2 is 2.13 bits per heavy atom. The number of fused-ring (bicyclic) bond motifs is 2. The Hall–Kier alpha value is -1.34. The van der Waals surface area contributed by atoms with Gasteiger partial charge in [-0.15, -0.1) is 0 Å². The van der Waals surface area contributed by atoms with Gasteiger partial charge in [0.05, 0.1) is 0 Å². The van der Waals surface area contributed by atoms with Crippen molar-refractivity contribution in [2.24, 2.45) is 5.73 Å². The standard InChI is InChI=1S/C14H15N/c15-9-14-12-7-3-1-5-10(12)11-6-2-4-8-13(11)14/h1-3,5-7,14H,4,8-9,15H2. The molecule has 0 bridgehead atoms. The molecule has 1 heteroatoms. The van der Waals surface area contributed by atoms with E-state index in [4.69, 9.17) is 5.73 Å². The number of nitrogens with two attached hydrogens (primary N) is 1. The van der Waals surface area contributed by atoms with Crippen molar-refractivity contribution in [1.82, 2.24) is 0 Å². The maximum atomic E-state index is 5.90. The summed E-state index contributed by atoms with van der Waals surface area (Å²) in [7, 11) is 0. The van der Waals surface area contributed by atoms with Gasteiger partial charge in [0.2, 0.25) is 0 Å². The predicted octanol–water partition coefficient (Wildman–Crippen LogP) is 2.85. The molecule has 1 aromatic rings. The van der Waals surface area contributed by atoms with Crippen molar-refractivity contribution < 1.29 is 0 Å². The van der Waals surface area contributed by atoms with Crippen LogP contribution in [0.15, 0.2) is 42.0 Å². The third kappa shape index (κ3) is 1.20. The Morgan fingerprint density at radius 3 is 3.00 bits per heavy atom. The van der Waals surface area contributed by atoms with E-state index in [1.54, 1.807) is 5.57 Å². The smallest absolute Gasteiger partial charge is 0.0186 e. The third-order valence-electron chi connectivity index (χ3n) is 3.49. The second kappa shape index (κ2) is 3.35. The normalized spacial score (nSPS) is 22.9. The van der Waals surface area contributed by atoms with Crippen molar-refractivity contribution >= 4 is 5.57 Å². The lowest BCUT2D eigenvalue weighted by Gasteiger charge is -2.15. The van der Waals surface area contributed by atoms with Gasteiger partial charge in [0.15, 0.2) is 0 Å². The van der Waals surface area contributed by atoms with Crippen LogP contribution in [0.2, 0.25) is 0 Å². The molecule has 2 aliphatic rings. The maximum absolute atomic E-state index is 5.90. The molecule has 1 aromatic carbocycles. The monoisotopic (exact) mass is 197 g/mol. The highest BCUT2D eigenvalue weighted by Gasteiger charge is 2.29. The fraction of sp³-hybridized carbons (Fsp3) is 0.286. The molecule has 2 N–H and O–H groups in total. The molecule has 0 heterocycles. The highest BCUT2D eigenvalue weighted by atomic mass is 14.6. The summed E-state index contributed by atoms with van der Waals surface area (Å²) in [4.78, 5) is 0. The molecular formula is C14H15N. The third-order valence-corrected chi connectivity index (χ3v) is 3.49. The summed E-state index contributed by atoms with van der Waals surface area (Å²) in [5, 5.41) is 0. The second-order valence-corrected chi connectivity index (χ2v) is 4.26. The van der Waals surface area contributed by atoms with Crippen molar-refractivity contribution in [3.8, 4) is 0 Å². The van der Waals surface area contributed by atoms with Crippen LogP contribution in [-0.4, -0.2) is 6.54 Å². The van der Waals surface area contributed by atoms with E-state index in [9.17, 15) is 0 Å². The Balaban J connectivity index is 2.20. The molecule has 1 atom stereocenters. The number of allylic oxidation sites excluding steroid dienone is 3. The lowest BCUT2D eigenvalue weighted by molar-refractivity contribution is 0.763. The fourth-order valence-electron chi connectivity index (χ4n) is 2.81. The summed E-state index contributed by atoms with van der Waals surface area (Å²) in [6.45, 7) is 0.740. The van der Waals surface area contributed by atoms with Gasteiger partial charge >= 0.3 is 0 Å². The molecule has 0 saturated heterocycles. The molecule has 0 saturated carbocycles. The molecule has 3 rings (SSSR count). The quantitative estimate of drug-likeness (QED) is 0.736. The molecule has 0 aliphatic heterocycles. The molecule has 2 aliphatic carbocycles. The highest BCUT2D eigenvalue weighted by Crippen LogP contribution is 2.45. The molecule has 0 aromatic heterocycles. The van der Waals surface area contributed by atoms with E-state index in [0.29, 0.717) is 5.92 Å². The van der Waals surface area contributed by atoms with Crippen LogP contribution in [0.1, 0.15) is 29.9 Å². The van der Waals surface area contributed by atoms with Gasteiger partial charge in [-0.3, -0.25) is 0 Å². The van der Waals surface area contributed by atoms with Crippen LogP contribution in [0.25, 0.3) is 5.57 Å².